The number of nitrogens with one attached hydrogen (secondary N) is 1. The monoisotopic (exact) mass is 246 g/mol. The molecule has 0 fully saturated rings. The van der Waals surface area contributed by atoms with Gasteiger partial charge in [-0.05, 0) is 11.6 Å². The van der Waals surface area contributed by atoms with Crippen molar-refractivity contribution in [3.63, 3.8) is 0 Å². The SMILES string of the molecule is COc1cc(CNc2cc(OC)ncn2)ccn1. The molecule has 2 heterocycles. The lowest BCUT2D eigenvalue weighted by molar-refractivity contribution is 0.396. The zero-order chi connectivity index (χ0) is 12.8. The van der Waals surface area contributed by atoms with Crippen molar-refractivity contribution >= 4 is 5.82 Å². The molecule has 0 unspecified atom stereocenters. The van der Waals surface area contributed by atoms with Crippen molar-refractivity contribution in [1.29, 1.82) is 0 Å². The highest BCUT2D eigenvalue weighted by molar-refractivity contribution is 5.38. The third kappa shape index (κ3) is 3.07. The van der Waals surface area contributed by atoms with Gasteiger partial charge in [0.05, 0.1) is 14.2 Å². The van der Waals surface area contributed by atoms with Crippen LogP contribution in [0.25, 0.3) is 0 Å². The number of pyridine rings is 1. The van der Waals surface area contributed by atoms with Gasteiger partial charge >= 0.3 is 0 Å². The van der Waals surface area contributed by atoms with E-state index in [1.54, 1.807) is 26.5 Å². The Labute approximate surface area is 105 Å². The maximum atomic E-state index is 5.06. The van der Waals surface area contributed by atoms with Gasteiger partial charge in [-0.3, -0.25) is 0 Å². The Balaban J connectivity index is 2.01. The fourth-order valence-electron chi connectivity index (χ4n) is 1.41. The molecule has 1 N–H and O–H groups in total. The van der Waals surface area contributed by atoms with Gasteiger partial charge < -0.3 is 14.8 Å². The van der Waals surface area contributed by atoms with Gasteiger partial charge in [-0.25, -0.2) is 15.0 Å². The first-order valence-corrected chi connectivity index (χ1v) is 5.40. The third-order valence-electron chi connectivity index (χ3n) is 2.33. The zero-order valence-electron chi connectivity index (χ0n) is 10.3. The Morgan fingerprint density at radius 1 is 1.06 bits per heavy atom. The minimum atomic E-state index is 0.528. The van der Waals surface area contributed by atoms with Crippen LogP contribution in [0.4, 0.5) is 5.82 Å². The second-order valence-electron chi connectivity index (χ2n) is 3.51. The molecular weight excluding hydrogens is 232 g/mol. The van der Waals surface area contributed by atoms with E-state index >= 15 is 0 Å². The Kier molecular flexibility index (Phi) is 3.90. The lowest BCUT2D eigenvalue weighted by Crippen LogP contribution is -2.02. The van der Waals surface area contributed by atoms with Crippen molar-refractivity contribution < 1.29 is 9.47 Å². The van der Waals surface area contributed by atoms with E-state index in [2.05, 4.69) is 20.3 Å². The average Bonchev–Trinajstić information content (AvgIpc) is 2.45. The standard InChI is InChI=1S/C12H14N4O2/c1-17-11-5-9(3-4-13-11)7-14-10-6-12(18-2)16-8-15-10/h3-6,8H,7H2,1-2H3,(H,14,15,16). The molecule has 0 bridgehead atoms. The first-order chi connectivity index (χ1) is 8.81. The van der Waals surface area contributed by atoms with Crippen molar-refractivity contribution in [2.75, 3.05) is 19.5 Å². The summed E-state index contributed by atoms with van der Waals surface area (Å²) in [5, 5.41) is 3.17. The van der Waals surface area contributed by atoms with E-state index in [1.165, 1.54) is 6.33 Å². The van der Waals surface area contributed by atoms with Crippen molar-refractivity contribution in [3.8, 4) is 11.8 Å². The van der Waals surface area contributed by atoms with Crippen LogP contribution in [0.3, 0.4) is 0 Å². The highest BCUT2D eigenvalue weighted by atomic mass is 16.5. The van der Waals surface area contributed by atoms with Crippen molar-refractivity contribution in [1.82, 2.24) is 15.0 Å². The molecule has 0 aliphatic carbocycles. The van der Waals surface area contributed by atoms with E-state index in [1.807, 2.05) is 12.1 Å². The molecule has 0 spiro atoms. The summed E-state index contributed by atoms with van der Waals surface area (Å²) in [5.74, 6) is 1.83. The molecule has 6 heteroatoms. The first-order valence-electron chi connectivity index (χ1n) is 5.40. The largest absolute Gasteiger partial charge is 0.481 e. The van der Waals surface area contributed by atoms with Gasteiger partial charge in [-0.15, -0.1) is 0 Å². The molecule has 0 saturated heterocycles. The van der Waals surface area contributed by atoms with Crippen LogP contribution in [0.2, 0.25) is 0 Å². The molecule has 0 saturated carbocycles. The van der Waals surface area contributed by atoms with Crippen molar-refractivity contribution in [3.05, 3.63) is 36.3 Å². The molecule has 0 radical (unpaired) electrons. The molecule has 0 aliphatic rings. The number of ether oxygens (including phenoxy) is 2. The van der Waals surface area contributed by atoms with E-state index in [9.17, 15) is 0 Å². The maximum absolute atomic E-state index is 5.06. The van der Waals surface area contributed by atoms with Crippen LogP contribution in [-0.2, 0) is 6.54 Å². The molecule has 0 aliphatic heterocycles. The molecular formula is C12H14N4O2. The van der Waals surface area contributed by atoms with Crippen LogP contribution in [-0.4, -0.2) is 29.2 Å². The van der Waals surface area contributed by atoms with E-state index in [-0.39, 0.29) is 0 Å². The van der Waals surface area contributed by atoms with Gasteiger partial charge in [-0.1, -0.05) is 0 Å². The number of aromatic nitrogens is 3. The van der Waals surface area contributed by atoms with E-state index in [0.717, 1.165) is 5.56 Å². The predicted octanol–water partition coefficient (Wildman–Crippen LogP) is 1.50. The molecule has 94 valence electrons. The molecule has 18 heavy (non-hydrogen) atoms. The lowest BCUT2D eigenvalue weighted by atomic mass is 10.2. The summed E-state index contributed by atoms with van der Waals surface area (Å²) in [6, 6.07) is 5.51. The van der Waals surface area contributed by atoms with Crippen LogP contribution in [0.1, 0.15) is 5.56 Å². The van der Waals surface area contributed by atoms with Gasteiger partial charge in [0.2, 0.25) is 11.8 Å². The number of methoxy groups -OCH3 is 2. The van der Waals surface area contributed by atoms with Crippen molar-refractivity contribution in [2.45, 2.75) is 6.54 Å². The van der Waals surface area contributed by atoms with E-state index in [4.69, 9.17) is 9.47 Å². The topological polar surface area (TPSA) is 69.2 Å². The van der Waals surface area contributed by atoms with Crippen LogP contribution < -0.4 is 14.8 Å². The van der Waals surface area contributed by atoms with E-state index in [0.29, 0.717) is 24.1 Å². The maximum Gasteiger partial charge on any atom is 0.218 e. The van der Waals surface area contributed by atoms with E-state index < -0.39 is 0 Å². The number of nitrogens with zero attached hydrogens (tertiary/aromatic N) is 3. The van der Waals surface area contributed by atoms with Crippen LogP contribution in [0, 0.1) is 0 Å². The second-order valence-corrected chi connectivity index (χ2v) is 3.51. The van der Waals surface area contributed by atoms with Gasteiger partial charge in [0.1, 0.15) is 12.1 Å². The second kappa shape index (κ2) is 5.81. The number of rotatable bonds is 5. The molecule has 0 amide bonds. The quantitative estimate of drug-likeness (QED) is 0.862. The van der Waals surface area contributed by atoms with Crippen LogP contribution in [0.15, 0.2) is 30.7 Å². The molecule has 0 aromatic carbocycles. The fourth-order valence-corrected chi connectivity index (χ4v) is 1.41. The minimum Gasteiger partial charge on any atom is -0.481 e. The summed E-state index contributed by atoms with van der Waals surface area (Å²) in [6.07, 6.45) is 3.16. The highest BCUT2D eigenvalue weighted by Crippen LogP contribution is 2.13. The predicted molar refractivity (Wildman–Crippen MR) is 66.7 cm³/mol. The summed E-state index contributed by atoms with van der Waals surface area (Å²) in [4.78, 5) is 12.1. The van der Waals surface area contributed by atoms with Crippen LogP contribution >= 0.6 is 0 Å². The summed E-state index contributed by atoms with van der Waals surface area (Å²) in [7, 11) is 3.16. The number of hydrogen-bond donors (Lipinski definition) is 1. The fraction of sp³-hybridized carbons (Fsp3) is 0.250. The lowest BCUT2D eigenvalue weighted by Gasteiger charge is -2.07. The highest BCUT2D eigenvalue weighted by Gasteiger charge is 2.00. The van der Waals surface area contributed by atoms with Gasteiger partial charge in [-0.2, -0.15) is 0 Å². The molecule has 2 aromatic rings. The van der Waals surface area contributed by atoms with Gasteiger partial charge in [0, 0.05) is 24.9 Å². The normalized spacial score (nSPS) is 9.89. The van der Waals surface area contributed by atoms with Crippen molar-refractivity contribution in [2.24, 2.45) is 0 Å². The minimum absolute atomic E-state index is 0.528. The Morgan fingerprint density at radius 3 is 2.61 bits per heavy atom. The summed E-state index contributed by atoms with van der Waals surface area (Å²) in [6.45, 7) is 0.624. The third-order valence-corrected chi connectivity index (χ3v) is 2.33. The number of hydrogen-bond acceptors (Lipinski definition) is 6. The summed E-state index contributed by atoms with van der Waals surface area (Å²) in [5.41, 5.74) is 1.06. The Hall–Kier alpha value is -2.37. The molecule has 6 nitrogen and oxygen atoms in total. The first kappa shape index (κ1) is 12.1. The zero-order valence-corrected chi connectivity index (χ0v) is 10.3. The molecule has 2 rings (SSSR count). The van der Waals surface area contributed by atoms with Gasteiger partial charge in [0.25, 0.3) is 0 Å². The van der Waals surface area contributed by atoms with Crippen LogP contribution in [0.5, 0.6) is 11.8 Å². The molecule has 0 atom stereocenters. The molecule has 2 aromatic heterocycles. The smallest absolute Gasteiger partial charge is 0.218 e. The summed E-state index contributed by atoms with van der Waals surface area (Å²) < 4.78 is 10.1. The average molecular weight is 246 g/mol. The Bertz CT molecular complexity index is 471. The summed E-state index contributed by atoms with van der Waals surface area (Å²) >= 11 is 0. The Morgan fingerprint density at radius 2 is 1.83 bits per heavy atom. The number of anilines is 1. The van der Waals surface area contributed by atoms with Gasteiger partial charge in [0.15, 0.2) is 0 Å².